The summed E-state index contributed by atoms with van der Waals surface area (Å²) in [6, 6.07) is 7.85. The largest absolute Gasteiger partial charge is 0.452 e. The first kappa shape index (κ1) is 12.1. The van der Waals surface area contributed by atoms with Gasteiger partial charge < -0.3 is 10.3 Å². The van der Waals surface area contributed by atoms with Crippen LogP contribution in [0.5, 0.6) is 0 Å². The van der Waals surface area contributed by atoms with Gasteiger partial charge in [-0.3, -0.25) is 0 Å². The lowest BCUT2D eigenvalue weighted by Crippen LogP contribution is -2.06. The minimum Gasteiger partial charge on any atom is -0.452 e. The third-order valence-corrected chi connectivity index (χ3v) is 2.19. The quantitative estimate of drug-likeness (QED) is 0.336. The van der Waals surface area contributed by atoms with Crippen LogP contribution in [0.2, 0.25) is 0 Å². The van der Waals surface area contributed by atoms with Crippen molar-refractivity contribution < 1.29 is 14.3 Å². The molecule has 0 unspecified atom stereocenters. The van der Waals surface area contributed by atoms with Crippen molar-refractivity contribution >= 4 is 12.2 Å². The molecule has 0 saturated heterocycles. The van der Waals surface area contributed by atoms with Crippen molar-refractivity contribution in [3.05, 3.63) is 40.9 Å². The van der Waals surface area contributed by atoms with Gasteiger partial charge in [0, 0.05) is 0 Å². The van der Waals surface area contributed by atoms with E-state index < -0.39 is 5.97 Å². The fourth-order valence-corrected chi connectivity index (χ4v) is 1.24. The van der Waals surface area contributed by atoms with E-state index in [0.29, 0.717) is 5.92 Å². The fraction of sp³-hybridized carbons (Fsp3) is 0.333. The monoisotopic (exact) mass is 218 g/mol. The highest BCUT2D eigenvalue weighted by molar-refractivity contribution is 6.20. The Kier molecular flexibility index (Phi) is 4.42. The molecule has 1 aromatic carbocycles. The molecule has 1 rings (SSSR count). The number of nitrogens with zero attached hydrogens (tertiary/aromatic N) is 2. The highest BCUT2D eigenvalue weighted by atomic mass is 16.5. The van der Waals surface area contributed by atoms with Crippen LogP contribution in [-0.2, 0) is 16.1 Å². The second-order valence-electron chi connectivity index (χ2n) is 3.75. The topological polar surface area (TPSA) is 62.7 Å². The molecular formula is C12H14N2O2. The van der Waals surface area contributed by atoms with Gasteiger partial charge in [0.15, 0.2) is 0 Å². The minimum absolute atomic E-state index is 0.184. The van der Waals surface area contributed by atoms with E-state index in [1.54, 1.807) is 0 Å². The Hall–Kier alpha value is -1.93. The summed E-state index contributed by atoms with van der Waals surface area (Å²) in [7, 11) is 0. The number of benzene rings is 1. The summed E-state index contributed by atoms with van der Waals surface area (Å²) >= 11 is 0. The maximum atomic E-state index is 10.9. The van der Waals surface area contributed by atoms with Gasteiger partial charge in [-0.2, -0.15) is 4.79 Å². The zero-order chi connectivity index (χ0) is 12.0. The minimum atomic E-state index is -0.657. The van der Waals surface area contributed by atoms with E-state index in [0.717, 1.165) is 11.8 Å². The predicted octanol–water partition coefficient (Wildman–Crippen LogP) is 2.15. The van der Waals surface area contributed by atoms with E-state index in [-0.39, 0.29) is 6.61 Å². The van der Waals surface area contributed by atoms with Crippen LogP contribution in [0.1, 0.15) is 30.9 Å². The van der Waals surface area contributed by atoms with Crippen molar-refractivity contribution in [2.24, 2.45) is 0 Å². The molecule has 84 valence electrons. The first-order valence-electron chi connectivity index (χ1n) is 5.06. The van der Waals surface area contributed by atoms with E-state index in [1.165, 1.54) is 5.56 Å². The maximum absolute atomic E-state index is 10.9. The van der Waals surface area contributed by atoms with Crippen LogP contribution in [0, 0.1) is 0 Å². The number of ether oxygens (including phenoxy) is 1. The lowest BCUT2D eigenvalue weighted by Gasteiger charge is -2.06. The summed E-state index contributed by atoms with van der Waals surface area (Å²) in [4.78, 5) is 13.4. The number of carbonyl (C=O) groups is 1. The van der Waals surface area contributed by atoms with Gasteiger partial charge in [0.1, 0.15) is 6.61 Å². The average molecular weight is 218 g/mol. The number of hydrogen-bond donors (Lipinski definition) is 0. The zero-order valence-electron chi connectivity index (χ0n) is 9.38. The zero-order valence-corrected chi connectivity index (χ0v) is 9.38. The summed E-state index contributed by atoms with van der Waals surface area (Å²) in [5.41, 5.74) is 10.2. The molecule has 4 nitrogen and oxygen atoms in total. The molecule has 0 N–H and O–H groups in total. The standard InChI is InChI=1S/C12H14N2O2/c1-9(2)11-5-3-10(4-6-11)8-16-12(15)7-14-13/h3-7,9H,8H2,1-2H3. The summed E-state index contributed by atoms with van der Waals surface area (Å²) < 4.78 is 4.82. The molecule has 0 fully saturated rings. The number of carbonyl (C=O) groups excluding carboxylic acids is 1. The van der Waals surface area contributed by atoms with Crippen molar-refractivity contribution in [2.75, 3.05) is 0 Å². The van der Waals surface area contributed by atoms with Gasteiger partial charge >= 0.3 is 12.2 Å². The average Bonchev–Trinajstić information content (AvgIpc) is 2.27. The SMILES string of the molecule is CC(C)c1ccc(COC(=O)C=[N+]=[N-])cc1. The Balaban J connectivity index is 2.55. The third-order valence-electron chi connectivity index (χ3n) is 2.19. The summed E-state index contributed by atoms with van der Waals surface area (Å²) in [6.07, 6.45) is 0.725. The van der Waals surface area contributed by atoms with Crippen molar-refractivity contribution in [2.45, 2.75) is 26.4 Å². The molecule has 4 heteroatoms. The van der Waals surface area contributed by atoms with Gasteiger partial charge in [-0.1, -0.05) is 38.1 Å². The van der Waals surface area contributed by atoms with Crippen LogP contribution in [0.4, 0.5) is 0 Å². The van der Waals surface area contributed by atoms with E-state index in [4.69, 9.17) is 10.3 Å². The first-order chi connectivity index (χ1) is 7.63. The summed E-state index contributed by atoms with van der Waals surface area (Å²) in [5.74, 6) is -0.173. The first-order valence-corrected chi connectivity index (χ1v) is 5.06. The Morgan fingerprint density at radius 3 is 2.56 bits per heavy atom. The van der Waals surface area contributed by atoms with Crippen LogP contribution in [0.3, 0.4) is 0 Å². The molecule has 16 heavy (non-hydrogen) atoms. The number of hydrogen-bond acceptors (Lipinski definition) is 2. The molecule has 0 saturated carbocycles. The van der Waals surface area contributed by atoms with Crippen LogP contribution in [0.15, 0.2) is 24.3 Å². The normalized spacial score (nSPS) is 9.69. The van der Waals surface area contributed by atoms with E-state index >= 15 is 0 Å². The number of rotatable bonds is 4. The second kappa shape index (κ2) is 5.83. The highest BCUT2D eigenvalue weighted by Crippen LogP contribution is 2.14. The molecule has 0 aliphatic carbocycles. The van der Waals surface area contributed by atoms with Gasteiger partial charge in [0.2, 0.25) is 0 Å². The maximum Gasteiger partial charge on any atom is 0.413 e. The number of esters is 1. The molecule has 0 spiro atoms. The lowest BCUT2D eigenvalue weighted by atomic mass is 10.0. The summed E-state index contributed by atoms with van der Waals surface area (Å²) in [5, 5.41) is 0. The van der Waals surface area contributed by atoms with Gasteiger partial charge in [0.25, 0.3) is 0 Å². The lowest BCUT2D eigenvalue weighted by molar-refractivity contribution is -0.140. The molecule has 0 heterocycles. The van der Waals surface area contributed by atoms with E-state index in [1.807, 2.05) is 24.3 Å². The molecule has 0 aliphatic rings. The van der Waals surface area contributed by atoms with E-state index in [9.17, 15) is 4.79 Å². The Labute approximate surface area is 94.5 Å². The van der Waals surface area contributed by atoms with Crippen LogP contribution < -0.4 is 0 Å². The van der Waals surface area contributed by atoms with Gasteiger partial charge in [-0.15, -0.1) is 0 Å². The van der Waals surface area contributed by atoms with Crippen LogP contribution in [-0.4, -0.2) is 17.0 Å². The summed E-state index contributed by atoms with van der Waals surface area (Å²) in [6.45, 7) is 4.42. The Bertz CT molecular complexity index is 404. The molecule has 0 atom stereocenters. The fourth-order valence-electron chi connectivity index (χ4n) is 1.24. The van der Waals surface area contributed by atoms with Crippen molar-refractivity contribution in [3.63, 3.8) is 0 Å². The molecular weight excluding hydrogens is 204 g/mol. The van der Waals surface area contributed by atoms with Gasteiger partial charge in [0.05, 0.1) is 0 Å². The van der Waals surface area contributed by atoms with Crippen LogP contribution in [0.25, 0.3) is 5.53 Å². The van der Waals surface area contributed by atoms with Crippen molar-refractivity contribution in [3.8, 4) is 0 Å². The predicted molar refractivity (Wildman–Crippen MR) is 60.0 cm³/mol. The molecule has 0 aromatic heterocycles. The van der Waals surface area contributed by atoms with E-state index in [2.05, 4.69) is 18.6 Å². The Morgan fingerprint density at radius 1 is 1.44 bits per heavy atom. The highest BCUT2D eigenvalue weighted by Gasteiger charge is 2.04. The van der Waals surface area contributed by atoms with Gasteiger partial charge in [-0.05, 0) is 17.0 Å². The van der Waals surface area contributed by atoms with Crippen LogP contribution >= 0.6 is 0 Å². The third kappa shape index (κ3) is 3.67. The molecule has 0 aliphatic heterocycles. The smallest absolute Gasteiger partial charge is 0.413 e. The second-order valence-corrected chi connectivity index (χ2v) is 3.75. The Morgan fingerprint density at radius 2 is 2.06 bits per heavy atom. The van der Waals surface area contributed by atoms with Crippen molar-refractivity contribution in [1.82, 2.24) is 0 Å². The molecule has 1 aromatic rings. The molecule has 0 bridgehead atoms. The molecule has 0 amide bonds. The van der Waals surface area contributed by atoms with Crippen molar-refractivity contribution in [1.29, 1.82) is 0 Å². The molecule has 0 radical (unpaired) electrons. The van der Waals surface area contributed by atoms with Gasteiger partial charge in [-0.25, -0.2) is 4.79 Å².